The number of aliphatic hydroxyl groups excluding tert-OH is 1. The highest BCUT2D eigenvalue weighted by Crippen LogP contribution is 2.37. The fourth-order valence-electron chi connectivity index (χ4n) is 2.27. The first-order chi connectivity index (χ1) is 8.81. The molecular weight excluding hydrogens is 279 g/mol. The second-order valence-corrected chi connectivity index (χ2v) is 6.16. The molecule has 1 aliphatic rings. The van der Waals surface area contributed by atoms with Crippen LogP contribution < -0.4 is 5.32 Å². The van der Waals surface area contributed by atoms with Crippen LogP contribution in [0.5, 0.6) is 0 Å². The molecule has 2 rings (SSSR count). The molecule has 0 amide bonds. The number of anilines is 1. The van der Waals surface area contributed by atoms with Gasteiger partial charge in [-0.05, 0) is 12.8 Å². The molecule has 1 aliphatic carbocycles. The van der Waals surface area contributed by atoms with E-state index in [-0.39, 0.29) is 10.5 Å². The Morgan fingerprint density at radius 2 is 2.16 bits per heavy atom. The standard InChI is InChI=1S/C11H16F3N3OS/c1-10(5-3-2-4-7(10)18)6-15-9-17-16-8(19-9)11(12,13)14/h7,18H,2-6H2,1H3,(H,15,17). The molecule has 2 atom stereocenters. The molecule has 1 saturated carbocycles. The maximum Gasteiger partial charge on any atom is 0.445 e. The van der Waals surface area contributed by atoms with Crippen LogP contribution in [0.3, 0.4) is 0 Å². The van der Waals surface area contributed by atoms with Crippen LogP contribution in [0.15, 0.2) is 0 Å². The molecule has 0 radical (unpaired) electrons. The van der Waals surface area contributed by atoms with E-state index in [0.717, 1.165) is 25.7 Å². The van der Waals surface area contributed by atoms with Gasteiger partial charge in [-0.3, -0.25) is 0 Å². The summed E-state index contributed by atoms with van der Waals surface area (Å²) in [5.41, 5.74) is -0.317. The number of hydrogen-bond acceptors (Lipinski definition) is 5. The molecule has 0 saturated heterocycles. The van der Waals surface area contributed by atoms with Crippen molar-refractivity contribution in [2.24, 2.45) is 5.41 Å². The number of hydrogen-bond donors (Lipinski definition) is 2. The lowest BCUT2D eigenvalue weighted by atomic mass is 9.73. The Balaban J connectivity index is 1.97. The number of aliphatic hydroxyl groups is 1. The molecule has 1 heterocycles. The van der Waals surface area contributed by atoms with Gasteiger partial charge in [-0.25, -0.2) is 0 Å². The van der Waals surface area contributed by atoms with Crippen LogP contribution in [-0.4, -0.2) is 28.0 Å². The van der Waals surface area contributed by atoms with Crippen molar-refractivity contribution >= 4 is 16.5 Å². The second-order valence-electron chi connectivity index (χ2n) is 5.18. The first-order valence-corrected chi connectivity index (χ1v) is 6.95. The van der Waals surface area contributed by atoms with Crippen molar-refractivity contribution < 1.29 is 18.3 Å². The molecule has 19 heavy (non-hydrogen) atoms. The topological polar surface area (TPSA) is 58.0 Å². The zero-order valence-corrected chi connectivity index (χ0v) is 11.3. The average molecular weight is 295 g/mol. The van der Waals surface area contributed by atoms with Gasteiger partial charge in [0.2, 0.25) is 10.1 Å². The van der Waals surface area contributed by atoms with Crippen LogP contribution >= 0.6 is 11.3 Å². The lowest BCUT2D eigenvalue weighted by molar-refractivity contribution is -0.138. The third-order valence-corrected chi connectivity index (χ3v) is 4.52. The van der Waals surface area contributed by atoms with E-state index in [1.165, 1.54) is 0 Å². The van der Waals surface area contributed by atoms with Gasteiger partial charge in [-0.2, -0.15) is 13.2 Å². The van der Waals surface area contributed by atoms with E-state index in [1.807, 2.05) is 6.92 Å². The molecule has 1 fully saturated rings. The van der Waals surface area contributed by atoms with Crippen molar-refractivity contribution in [3.63, 3.8) is 0 Å². The summed E-state index contributed by atoms with van der Waals surface area (Å²) in [6.07, 6.45) is -1.27. The van der Waals surface area contributed by atoms with Gasteiger partial charge < -0.3 is 10.4 Å². The summed E-state index contributed by atoms with van der Waals surface area (Å²) in [4.78, 5) is 0. The number of alkyl halides is 3. The Bertz CT molecular complexity index is 437. The highest BCUT2D eigenvalue weighted by molar-refractivity contribution is 7.15. The summed E-state index contributed by atoms with van der Waals surface area (Å²) in [7, 11) is 0. The molecular formula is C11H16F3N3OS. The minimum absolute atomic E-state index is 0.145. The molecule has 2 unspecified atom stereocenters. The largest absolute Gasteiger partial charge is 0.445 e. The number of aromatic nitrogens is 2. The number of nitrogens with one attached hydrogen (secondary N) is 1. The quantitative estimate of drug-likeness (QED) is 0.900. The average Bonchev–Trinajstić information content (AvgIpc) is 2.79. The van der Waals surface area contributed by atoms with Crippen molar-refractivity contribution in [3.05, 3.63) is 5.01 Å². The molecule has 8 heteroatoms. The van der Waals surface area contributed by atoms with Gasteiger partial charge in [0.05, 0.1) is 6.10 Å². The van der Waals surface area contributed by atoms with E-state index < -0.39 is 17.3 Å². The number of nitrogens with zero attached hydrogens (tertiary/aromatic N) is 2. The van der Waals surface area contributed by atoms with E-state index in [2.05, 4.69) is 15.5 Å². The summed E-state index contributed by atoms with van der Waals surface area (Å²) in [5, 5.41) is 18.6. The zero-order valence-electron chi connectivity index (χ0n) is 10.5. The summed E-state index contributed by atoms with van der Waals surface area (Å²) in [6, 6.07) is 0. The van der Waals surface area contributed by atoms with Crippen molar-refractivity contribution in [2.75, 3.05) is 11.9 Å². The fraction of sp³-hybridized carbons (Fsp3) is 0.818. The first kappa shape index (κ1) is 14.5. The summed E-state index contributed by atoms with van der Waals surface area (Å²) < 4.78 is 37.1. The van der Waals surface area contributed by atoms with Crippen LogP contribution in [0.1, 0.15) is 37.6 Å². The first-order valence-electron chi connectivity index (χ1n) is 6.14. The highest BCUT2D eigenvalue weighted by Gasteiger charge is 2.37. The summed E-state index contributed by atoms with van der Waals surface area (Å²) in [5.74, 6) is 0. The lowest BCUT2D eigenvalue weighted by Crippen LogP contribution is -2.41. The molecule has 4 nitrogen and oxygen atoms in total. The van der Waals surface area contributed by atoms with Crippen molar-refractivity contribution in [1.82, 2.24) is 10.2 Å². The fourth-order valence-corrected chi connectivity index (χ4v) is 2.88. The maximum atomic E-state index is 12.4. The van der Waals surface area contributed by atoms with Gasteiger partial charge in [0.25, 0.3) is 0 Å². The van der Waals surface area contributed by atoms with Crippen molar-refractivity contribution in [2.45, 2.75) is 44.9 Å². The normalized spacial score (nSPS) is 28.4. The third-order valence-electron chi connectivity index (χ3n) is 3.59. The van der Waals surface area contributed by atoms with Crippen LogP contribution in [0.2, 0.25) is 0 Å². The van der Waals surface area contributed by atoms with Gasteiger partial charge in [-0.1, -0.05) is 31.1 Å². The predicted molar refractivity (Wildman–Crippen MR) is 66.0 cm³/mol. The van der Waals surface area contributed by atoms with E-state index in [4.69, 9.17) is 0 Å². The summed E-state index contributed by atoms with van der Waals surface area (Å²) >= 11 is 0.488. The van der Waals surface area contributed by atoms with Crippen LogP contribution in [-0.2, 0) is 6.18 Å². The van der Waals surface area contributed by atoms with Crippen molar-refractivity contribution in [3.8, 4) is 0 Å². The van der Waals surface area contributed by atoms with Gasteiger partial charge >= 0.3 is 6.18 Å². The number of halogens is 3. The molecule has 1 aromatic heterocycles. The van der Waals surface area contributed by atoms with E-state index >= 15 is 0 Å². The molecule has 108 valence electrons. The molecule has 2 N–H and O–H groups in total. The van der Waals surface area contributed by atoms with Crippen molar-refractivity contribution in [1.29, 1.82) is 0 Å². The number of rotatable bonds is 3. The SMILES string of the molecule is CC1(CNc2nnc(C(F)(F)F)s2)CCCCC1O. The molecule has 0 aliphatic heterocycles. The van der Waals surface area contributed by atoms with Crippen LogP contribution in [0.4, 0.5) is 18.3 Å². The van der Waals surface area contributed by atoms with E-state index in [9.17, 15) is 18.3 Å². The van der Waals surface area contributed by atoms with Crippen LogP contribution in [0, 0.1) is 5.41 Å². The second kappa shape index (κ2) is 5.24. The van der Waals surface area contributed by atoms with Gasteiger partial charge in [0.15, 0.2) is 0 Å². The molecule has 1 aromatic rings. The minimum atomic E-state index is -4.45. The Kier molecular flexibility index (Phi) is 4.00. The Morgan fingerprint density at radius 1 is 1.42 bits per heavy atom. The monoisotopic (exact) mass is 295 g/mol. The van der Waals surface area contributed by atoms with E-state index in [0.29, 0.717) is 17.9 Å². The van der Waals surface area contributed by atoms with E-state index in [1.54, 1.807) is 0 Å². The molecule has 0 spiro atoms. The smallest absolute Gasteiger partial charge is 0.392 e. The molecule has 0 aromatic carbocycles. The van der Waals surface area contributed by atoms with Gasteiger partial charge in [0, 0.05) is 12.0 Å². The van der Waals surface area contributed by atoms with Gasteiger partial charge in [0.1, 0.15) is 0 Å². The third kappa shape index (κ3) is 3.36. The minimum Gasteiger partial charge on any atom is -0.392 e. The Labute approximate surface area is 113 Å². The van der Waals surface area contributed by atoms with Crippen LogP contribution in [0.25, 0.3) is 0 Å². The Hall–Kier alpha value is -0.890. The Morgan fingerprint density at radius 3 is 2.74 bits per heavy atom. The zero-order chi connectivity index (χ0) is 14.1. The predicted octanol–water partition coefficient (Wildman–Crippen LogP) is 2.91. The van der Waals surface area contributed by atoms with Gasteiger partial charge in [-0.15, -0.1) is 10.2 Å². The lowest BCUT2D eigenvalue weighted by Gasteiger charge is -2.38. The highest BCUT2D eigenvalue weighted by atomic mass is 32.1. The maximum absolute atomic E-state index is 12.4. The summed E-state index contributed by atoms with van der Waals surface area (Å²) in [6.45, 7) is 2.34. The molecule has 0 bridgehead atoms.